The van der Waals surface area contributed by atoms with E-state index in [9.17, 15) is 13.2 Å². The standard InChI is InChI=1S/C16H22ClNO3S/c1-5-13(14-7-6-8-15(17)9-14)10-16(19)18(3)12(2)11-22(4,20)21/h6-10,12H,5,11H2,1-4H3/b13-10+/t12-/m1/s1. The Bertz CT molecular complexity index is 668. The van der Waals surface area contributed by atoms with Crippen molar-refractivity contribution >= 4 is 32.9 Å². The SMILES string of the molecule is CC/C(=C\C(=O)N(C)[C@H](C)CS(C)(=O)=O)c1cccc(Cl)c1. The third kappa shape index (κ3) is 5.81. The topological polar surface area (TPSA) is 54.5 Å². The van der Waals surface area contributed by atoms with Gasteiger partial charge in [0.15, 0.2) is 0 Å². The number of nitrogens with zero attached hydrogens (tertiary/aromatic N) is 1. The molecule has 0 aromatic heterocycles. The second-order valence-electron chi connectivity index (χ2n) is 5.42. The minimum absolute atomic E-state index is 0.0539. The Morgan fingerprint density at radius 2 is 2.05 bits per heavy atom. The van der Waals surface area contributed by atoms with Crippen LogP contribution < -0.4 is 0 Å². The molecule has 0 N–H and O–H groups in total. The number of halogens is 1. The van der Waals surface area contributed by atoms with Crippen LogP contribution in [0.1, 0.15) is 25.8 Å². The molecule has 0 saturated heterocycles. The van der Waals surface area contributed by atoms with Crippen molar-refractivity contribution in [2.24, 2.45) is 0 Å². The minimum Gasteiger partial charge on any atom is -0.338 e. The number of hydrogen-bond acceptors (Lipinski definition) is 3. The van der Waals surface area contributed by atoms with Crippen LogP contribution in [0.3, 0.4) is 0 Å². The van der Waals surface area contributed by atoms with Gasteiger partial charge in [-0.2, -0.15) is 0 Å². The minimum atomic E-state index is -3.13. The molecule has 122 valence electrons. The van der Waals surface area contributed by atoms with Crippen molar-refractivity contribution in [2.45, 2.75) is 26.3 Å². The van der Waals surface area contributed by atoms with E-state index in [1.54, 1.807) is 26.1 Å². The molecule has 0 unspecified atom stereocenters. The van der Waals surface area contributed by atoms with Gasteiger partial charge < -0.3 is 4.90 Å². The van der Waals surface area contributed by atoms with Gasteiger partial charge in [0.2, 0.25) is 5.91 Å². The molecule has 1 amide bonds. The summed E-state index contributed by atoms with van der Waals surface area (Å²) in [6.07, 6.45) is 3.39. The molecule has 22 heavy (non-hydrogen) atoms. The van der Waals surface area contributed by atoms with Crippen molar-refractivity contribution in [3.8, 4) is 0 Å². The Morgan fingerprint density at radius 3 is 2.55 bits per heavy atom. The predicted molar refractivity (Wildman–Crippen MR) is 91.7 cm³/mol. The lowest BCUT2D eigenvalue weighted by Gasteiger charge is -2.23. The van der Waals surface area contributed by atoms with Crippen LogP contribution in [-0.4, -0.2) is 44.3 Å². The second kappa shape index (κ2) is 7.79. The summed E-state index contributed by atoms with van der Waals surface area (Å²) in [4.78, 5) is 13.8. The van der Waals surface area contributed by atoms with Crippen LogP contribution in [0, 0.1) is 0 Å². The zero-order chi connectivity index (χ0) is 16.9. The molecule has 1 aromatic rings. The van der Waals surface area contributed by atoms with Crippen molar-refractivity contribution in [3.05, 3.63) is 40.9 Å². The van der Waals surface area contributed by atoms with Gasteiger partial charge in [-0.25, -0.2) is 8.42 Å². The molecule has 1 aromatic carbocycles. The number of likely N-dealkylation sites (N-methyl/N-ethyl adjacent to an activating group) is 1. The van der Waals surface area contributed by atoms with Crippen LogP contribution >= 0.6 is 11.6 Å². The summed E-state index contributed by atoms with van der Waals surface area (Å²) >= 11 is 5.98. The van der Waals surface area contributed by atoms with Crippen molar-refractivity contribution in [1.82, 2.24) is 4.90 Å². The first-order valence-corrected chi connectivity index (χ1v) is 9.49. The number of sulfone groups is 1. The fourth-order valence-electron chi connectivity index (χ4n) is 2.10. The van der Waals surface area contributed by atoms with E-state index in [1.807, 2.05) is 25.1 Å². The highest BCUT2D eigenvalue weighted by atomic mass is 35.5. The molecule has 0 heterocycles. The van der Waals surface area contributed by atoms with E-state index in [1.165, 1.54) is 11.2 Å². The van der Waals surface area contributed by atoms with E-state index >= 15 is 0 Å². The molecule has 0 fully saturated rings. The fraction of sp³-hybridized carbons (Fsp3) is 0.438. The number of allylic oxidation sites excluding steroid dienone is 1. The van der Waals surface area contributed by atoms with Gasteiger partial charge in [-0.1, -0.05) is 30.7 Å². The molecule has 0 aliphatic carbocycles. The molecule has 0 saturated carbocycles. The molecule has 6 heteroatoms. The van der Waals surface area contributed by atoms with E-state index in [4.69, 9.17) is 11.6 Å². The number of rotatable bonds is 6. The molecular formula is C16H22ClNO3S. The summed E-state index contributed by atoms with van der Waals surface area (Å²) in [5.74, 6) is -0.269. The Balaban J connectivity index is 2.95. The average Bonchev–Trinajstić information content (AvgIpc) is 2.41. The second-order valence-corrected chi connectivity index (χ2v) is 8.05. The maximum absolute atomic E-state index is 12.3. The molecule has 0 spiro atoms. The molecule has 0 aliphatic heterocycles. The first kappa shape index (κ1) is 18.7. The smallest absolute Gasteiger partial charge is 0.246 e. The fourth-order valence-corrected chi connectivity index (χ4v) is 3.39. The number of amides is 1. The third-order valence-electron chi connectivity index (χ3n) is 3.43. The summed E-state index contributed by atoms with van der Waals surface area (Å²) in [5.41, 5.74) is 1.76. The Hall–Kier alpha value is -1.33. The summed E-state index contributed by atoms with van der Waals surface area (Å²) in [6, 6.07) is 6.94. The molecular weight excluding hydrogens is 322 g/mol. The van der Waals surface area contributed by atoms with Gasteiger partial charge in [0.25, 0.3) is 0 Å². The summed E-state index contributed by atoms with van der Waals surface area (Å²) < 4.78 is 22.7. The van der Waals surface area contributed by atoms with E-state index in [2.05, 4.69) is 0 Å². The zero-order valence-electron chi connectivity index (χ0n) is 13.3. The maximum atomic E-state index is 12.3. The largest absolute Gasteiger partial charge is 0.338 e. The molecule has 1 rings (SSSR count). The van der Waals surface area contributed by atoms with Crippen LogP contribution in [0.5, 0.6) is 0 Å². The summed E-state index contributed by atoms with van der Waals surface area (Å²) in [6.45, 7) is 3.68. The van der Waals surface area contributed by atoms with Gasteiger partial charge in [0, 0.05) is 30.4 Å². The quantitative estimate of drug-likeness (QED) is 0.746. The van der Waals surface area contributed by atoms with E-state index in [0.717, 1.165) is 11.1 Å². The van der Waals surface area contributed by atoms with Gasteiger partial charge in [-0.15, -0.1) is 0 Å². The van der Waals surface area contributed by atoms with Gasteiger partial charge in [-0.05, 0) is 36.6 Å². The number of benzene rings is 1. The van der Waals surface area contributed by atoms with Crippen LogP contribution in [0.15, 0.2) is 30.3 Å². The van der Waals surface area contributed by atoms with Gasteiger partial charge in [-0.3, -0.25) is 4.79 Å². The zero-order valence-corrected chi connectivity index (χ0v) is 14.9. The van der Waals surface area contributed by atoms with Crippen LogP contribution in [0.25, 0.3) is 5.57 Å². The first-order chi connectivity index (χ1) is 10.1. The highest BCUT2D eigenvalue weighted by Crippen LogP contribution is 2.21. The van der Waals surface area contributed by atoms with Crippen molar-refractivity contribution in [2.75, 3.05) is 19.1 Å². The lowest BCUT2D eigenvalue weighted by Crippen LogP contribution is -2.38. The first-order valence-electron chi connectivity index (χ1n) is 7.05. The highest BCUT2D eigenvalue weighted by Gasteiger charge is 2.19. The number of carbonyl (C=O) groups excluding carboxylic acids is 1. The summed E-state index contributed by atoms with van der Waals surface area (Å²) in [5, 5.41) is 0.614. The highest BCUT2D eigenvalue weighted by molar-refractivity contribution is 7.90. The Kier molecular flexibility index (Phi) is 6.63. The summed E-state index contributed by atoms with van der Waals surface area (Å²) in [7, 11) is -1.51. The molecule has 1 atom stereocenters. The monoisotopic (exact) mass is 343 g/mol. The average molecular weight is 344 g/mol. The van der Waals surface area contributed by atoms with Gasteiger partial charge >= 0.3 is 0 Å². The Labute approximate surface area is 137 Å². The molecule has 0 radical (unpaired) electrons. The van der Waals surface area contributed by atoms with Crippen LogP contribution in [-0.2, 0) is 14.6 Å². The lowest BCUT2D eigenvalue weighted by molar-refractivity contribution is -0.126. The van der Waals surface area contributed by atoms with Crippen LogP contribution in [0.2, 0.25) is 5.02 Å². The normalized spacial score (nSPS) is 13.8. The number of carbonyl (C=O) groups is 1. The van der Waals surface area contributed by atoms with E-state index in [0.29, 0.717) is 11.4 Å². The number of hydrogen-bond donors (Lipinski definition) is 0. The Morgan fingerprint density at radius 1 is 1.41 bits per heavy atom. The van der Waals surface area contributed by atoms with Crippen molar-refractivity contribution in [1.29, 1.82) is 0 Å². The molecule has 0 aliphatic rings. The third-order valence-corrected chi connectivity index (χ3v) is 4.75. The van der Waals surface area contributed by atoms with E-state index < -0.39 is 9.84 Å². The molecule has 4 nitrogen and oxygen atoms in total. The van der Waals surface area contributed by atoms with Crippen molar-refractivity contribution < 1.29 is 13.2 Å². The molecule has 0 bridgehead atoms. The van der Waals surface area contributed by atoms with E-state index in [-0.39, 0.29) is 17.7 Å². The van der Waals surface area contributed by atoms with Gasteiger partial charge in [0.1, 0.15) is 9.84 Å². The maximum Gasteiger partial charge on any atom is 0.246 e. The van der Waals surface area contributed by atoms with Gasteiger partial charge in [0.05, 0.1) is 5.75 Å². The van der Waals surface area contributed by atoms with Crippen molar-refractivity contribution in [3.63, 3.8) is 0 Å². The lowest BCUT2D eigenvalue weighted by atomic mass is 10.0. The predicted octanol–water partition coefficient (Wildman–Crippen LogP) is 3.02. The van der Waals surface area contributed by atoms with Crippen LogP contribution in [0.4, 0.5) is 0 Å².